The van der Waals surface area contributed by atoms with Crippen LogP contribution in [0.2, 0.25) is 0 Å². The van der Waals surface area contributed by atoms with Crippen molar-refractivity contribution >= 4 is 28.4 Å². The number of alkyl halides is 1. The summed E-state index contributed by atoms with van der Waals surface area (Å²) in [7, 11) is 1.73. The van der Waals surface area contributed by atoms with E-state index in [2.05, 4.69) is 30.7 Å². The Labute approximate surface area is 189 Å². The summed E-state index contributed by atoms with van der Waals surface area (Å²) >= 11 is 0. The predicted molar refractivity (Wildman–Crippen MR) is 123 cm³/mol. The van der Waals surface area contributed by atoms with Gasteiger partial charge in [-0.05, 0) is 44.4 Å². The minimum absolute atomic E-state index is 0.0774. The second-order valence-electron chi connectivity index (χ2n) is 9.03. The van der Waals surface area contributed by atoms with Gasteiger partial charge in [0.2, 0.25) is 5.95 Å². The van der Waals surface area contributed by atoms with Gasteiger partial charge in [-0.2, -0.15) is 10.1 Å². The average Bonchev–Trinajstić information content (AvgIpc) is 3.37. The van der Waals surface area contributed by atoms with E-state index < -0.39 is 5.67 Å². The highest BCUT2D eigenvalue weighted by Gasteiger charge is 2.29. The molecule has 0 atom stereocenters. The second-order valence-corrected chi connectivity index (χ2v) is 9.03. The molecule has 0 unspecified atom stereocenters. The number of pyridine rings is 1. The molecule has 0 spiro atoms. The molecule has 4 heterocycles. The van der Waals surface area contributed by atoms with Crippen LogP contribution in [0.4, 0.5) is 10.3 Å². The number of amides is 1. The zero-order valence-electron chi connectivity index (χ0n) is 18.7. The van der Waals surface area contributed by atoms with Gasteiger partial charge in [0, 0.05) is 42.7 Å². The molecule has 10 heteroatoms. The Kier molecular flexibility index (Phi) is 5.24. The number of carbonyl (C=O) groups excluding carboxylic acids is 1. The third-order valence-corrected chi connectivity index (χ3v) is 5.94. The molecule has 172 valence electrons. The molecule has 9 nitrogen and oxygen atoms in total. The number of hydrogen-bond donors (Lipinski definition) is 3. The topological polar surface area (TPSA) is 109 Å². The molecule has 1 aliphatic rings. The number of nitrogens with one attached hydrogen (secondary N) is 3. The fourth-order valence-electron chi connectivity index (χ4n) is 3.98. The Balaban J connectivity index is 1.40. The molecule has 3 N–H and O–H groups in total. The molecular weight excluding hydrogens is 425 g/mol. The molecule has 4 aromatic rings. The van der Waals surface area contributed by atoms with Crippen molar-refractivity contribution in [1.29, 1.82) is 0 Å². The van der Waals surface area contributed by atoms with Gasteiger partial charge in [-0.1, -0.05) is 0 Å². The number of aromatic nitrogens is 5. The lowest BCUT2D eigenvalue weighted by molar-refractivity contribution is 0.0327. The molecule has 1 fully saturated rings. The van der Waals surface area contributed by atoms with E-state index in [1.54, 1.807) is 24.0 Å². The van der Waals surface area contributed by atoms with Crippen LogP contribution in [0.3, 0.4) is 0 Å². The van der Waals surface area contributed by atoms with Crippen molar-refractivity contribution in [3.8, 4) is 11.1 Å². The van der Waals surface area contributed by atoms with E-state index in [0.717, 1.165) is 35.0 Å². The minimum atomic E-state index is -1.49. The van der Waals surface area contributed by atoms with E-state index in [4.69, 9.17) is 4.74 Å². The predicted octanol–water partition coefficient (Wildman–Crippen LogP) is 3.34. The van der Waals surface area contributed by atoms with Crippen LogP contribution in [0.1, 0.15) is 37.0 Å². The maximum Gasteiger partial charge on any atom is 0.255 e. The minimum Gasteiger partial charge on any atom is -0.381 e. The van der Waals surface area contributed by atoms with Crippen molar-refractivity contribution in [3.05, 3.63) is 42.5 Å². The number of rotatable bonds is 7. The molecule has 0 bridgehead atoms. The fraction of sp³-hybridized carbons (Fsp3) is 0.391. The largest absolute Gasteiger partial charge is 0.381 e. The number of halogens is 1. The van der Waals surface area contributed by atoms with E-state index in [1.165, 1.54) is 20.0 Å². The number of anilines is 1. The highest BCUT2D eigenvalue weighted by Crippen LogP contribution is 2.30. The lowest BCUT2D eigenvalue weighted by Gasteiger charge is -2.34. The van der Waals surface area contributed by atoms with Crippen LogP contribution in [0.15, 0.2) is 36.9 Å². The number of methoxy groups -OCH3 is 1. The number of aromatic amines is 1. The molecule has 0 saturated heterocycles. The van der Waals surface area contributed by atoms with Gasteiger partial charge in [0.15, 0.2) is 0 Å². The van der Waals surface area contributed by atoms with Crippen molar-refractivity contribution in [1.82, 2.24) is 29.9 Å². The first kappa shape index (κ1) is 21.3. The normalized spacial score (nSPS) is 18.4. The first-order chi connectivity index (χ1) is 15.8. The Morgan fingerprint density at radius 2 is 2.18 bits per heavy atom. The fourth-order valence-corrected chi connectivity index (χ4v) is 3.98. The number of ether oxygens (including phenoxy) is 1. The van der Waals surface area contributed by atoms with Crippen LogP contribution in [0, 0.1) is 0 Å². The quantitative estimate of drug-likeness (QED) is 0.398. The lowest BCUT2D eigenvalue weighted by atomic mass is 9.89. The van der Waals surface area contributed by atoms with E-state index >= 15 is 0 Å². The van der Waals surface area contributed by atoms with Crippen molar-refractivity contribution in [2.75, 3.05) is 19.0 Å². The van der Waals surface area contributed by atoms with Gasteiger partial charge in [0.25, 0.3) is 5.91 Å². The molecule has 4 aromatic heterocycles. The van der Waals surface area contributed by atoms with Crippen molar-refractivity contribution in [2.45, 2.75) is 44.5 Å². The van der Waals surface area contributed by atoms with Gasteiger partial charge in [-0.25, -0.2) is 13.9 Å². The number of carbonyl (C=O) groups is 1. The number of H-pyrrole nitrogens is 1. The summed E-state index contributed by atoms with van der Waals surface area (Å²) in [6.07, 6.45) is 9.14. The summed E-state index contributed by atoms with van der Waals surface area (Å²) < 4.78 is 20.7. The smallest absolute Gasteiger partial charge is 0.255 e. The number of nitrogens with zero attached hydrogens (tertiary/aromatic N) is 4. The summed E-state index contributed by atoms with van der Waals surface area (Å²) in [4.78, 5) is 24.9. The van der Waals surface area contributed by atoms with Gasteiger partial charge in [-0.3, -0.25) is 4.79 Å². The summed E-state index contributed by atoms with van der Waals surface area (Å²) in [5.74, 6) is 0.217. The highest BCUT2D eigenvalue weighted by atomic mass is 19.1. The number of fused-ring (bicyclic) bond motifs is 2. The maximum atomic E-state index is 13.8. The Morgan fingerprint density at radius 1 is 1.36 bits per heavy atom. The van der Waals surface area contributed by atoms with Gasteiger partial charge in [0.05, 0.1) is 29.9 Å². The SMILES string of the molecule is COC1CC(Nc2ncc3c(-c4ccn5ncc(C(=O)NCC(C)(C)F)c5c4)c[nH]c3n2)C1. The van der Waals surface area contributed by atoms with Crippen LogP contribution >= 0.6 is 0 Å². The summed E-state index contributed by atoms with van der Waals surface area (Å²) in [5.41, 5.74) is 2.05. The Bertz CT molecular complexity index is 1320. The van der Waals surface area contributed by atoms with Crippen LogP contribution in [0.25, 0.3) is 27.7 Å². The van der Waals surface area contributed by atoms with Crippen molar-refractivity contribution in [2.24, 2.45) is 0 Å². The molecule has 0 aliphatic heterocycles. The zero-order valence-corrected chi connectivity index (χ0v) is 18.7. The number of hydrogen-bond acceptors (Lipinski definition) is 6. The summed E-state index contributed by atoms with van der Waals surface area (Å²) in [6, 6.07) is 4.12. The first-order valence-corrected chi connectivity index (χ1v) is 10.9. The maximum absolute atomic E-state index is 13.8. The Hall–Kier alpha value is -3.53. The van der Waals surface area contributed by atoms with Gasteiger partial charge in [-0.15, -0.1) is 0 Å². The molecular formula is C23H26FN7O2. The molecule has 1 aliphatic carbocycles. The van der Waals surface area contributed by atoms with Gasteiger partial charge < -0.3 is 20.4 Å². The summed E-state index contributed by atoms with van der Waals surface area (Å²) in [6.45, 7) is 2.76. The van der Waals surface area contributed by atoms with E-state index in [-0.39, 0.29) is 12.5 Å². The molecule has 33 heavy (non-hydrogen) atoms. The zero-order chi connectivity index (χ0) is 23.2. The van der Waals surface area contributed by atoms with Crippen LogP contribution in [-0.2, 0) is 4.74 Å². The third kappa shape index (κ3) is 4.25. The molecule has 0 radical (unpaired) electrons. The van der Waals surface area contributed by atoms with Crippen LogP contribution in [0.5, 0.6) is 0 Å². The van der Waals surface area contributed by atoms with Crippen LogP contribution in [-0.4, -0.2) is 61.9 Å². The first-order valence-electron chi connectivity index (χ1n) is 10.9. The van der Waals surface area contributed by atoms with Crippen LogP contribution < -0.4 is 10.6 Å². The van der Waals surface area contributed by atoms with E-state index in [0.29, 0.717) is 29.2 Å². The van der Waals surface area contributed by atoms with E-state index in [1.807, 2.05) is 18.3 Å². The molecule has 0 aromatic carbocycles. The average molecular weight is 452 g/mol. The van der Waals surface area contributed by atoms with Gasteiger partial charge >= 0.3 is 0 Å². The lowest BCUT2D eigenvalue weighted by Crippen LogP contribution is -2.40. The highest BCUT2D eigenvalue weighted by molar-refractivity contribution is 6.02. The van der Waals surface area contributed by atoms with Crippen molar-refractivity contribution in [3.63, 3.8) is 0 Å². The van der Waals surface area contributed by atoms with E-state index in [9.17, 15) is 9.18 Å². The Morgan fingerprint density at radius 3 is 2.94 bits per heavy atom. The molecule has 1 amide bonds. The molecule has 5 rings (SSSR count). The second kappa shape index (κ2) is 8.11. The third-order valence-electron chi connectivity index (χ3n) is 5.94. The standard InChI is InChI=1S/C23H26FN7O2/c1-23(2,24)12-27-21(32)18-11-28-31-5-4-13(6-19(18)31)16-9-25-20-17(16)10-26-22(30-20)29-14-7-15(8-14)33-3/h4-6,9-11,14-15H,7-8,12H2,1-3H3,(H,27,32)(H2,25,26,29,30). The van der Waals surface area contributed by atoms with Crippen molar-refractivity contribution < 1.29 is 13.9 Å². The van der Waals surface area contributed by atoms with Gasteiger partial charge in [0.1, 0.15) is 11.3 Å². The monoisotopic (exact) mass is 451 g/mol. The summed E-state index contributed by atoms with van der Waals surface area (Å²) in [5, 5.41) is 11.1. The molecule has 1 saturated carbocycles.